The Bertz CT molecular complexity index is 498. The standard InChI is InChI=1S/C17H26N2O2/c1-12-4-7-19-16(17(20-3)6-9-21-11-17)15(12)14-5-8-18-13(2)10-14/h4,7,13-14,18H,5-6,8-11H2,1-3H3/t13-,14+,17?/m1/s1. The summed E-state index contributed by atoms with van der Waals surface area (Å²) in [7, 11) is 1.79. The van der Waals surface area contributed by atoms with Crippen LogP contribution in [-0.2, 0) is 15.1 Å². The van der Waals surface area contributed by atoms with Crippen LogP contribution in [-0.4, -0.2) is 37.9 Å². The first-order chi connectivity index (χ1) is 10.2. The van der Waals surface area contributed by atoms with Crippen LogP contribution >= 0.6 is 0 Å². The molecular formula is C17H26N2O2. The largest absolute Gasteiger partial charge is 0.378 e. The van der Waals surface area contributed by atoms with Crippen molar-refractivity contribution in [1.82, 2.24) is 10.3 Å². The molecule has 3 heterocycles. The molecule has 2 saturated heterocycles. The van der Waals surface area contributed by atoms with Crippen molar-refractivity contribution in [3.8, 4) is 0 Å². The predicted octanol–water partition coefficient (Wildman–Crippen LogP) is 2.51. The Balaban J connectivity index is 2.03. The second-order valence-corrected chi connectivity index (χ2v) is 6.47. The minimum atomic E-state index is -0.352. The smallest absolute Gasteiger partial charge is 0.135 e. The van der Waals surface area contributed by atoms with E-state index in [0.717, 1.165) is 25.3 Å². The molecule has 1 N–H and O–H groups in total. The molecule has 4 nitrogen and oxygen atoms in total. The highest BCUT2D eigenvalue weighted by Crippen LogP contribution is 2.40. The number of aryl methyl sites for hydroxylation is 1. The van der Waals surface area contributed by atoms with Gasteiger partial charge in [0.1, 0.15) is 5.60 Å². The van der Waals surface area contributed by atoms with Crippen LogP contribution in [0.4, 0.5) is 0 Å². The maximum atomic E-state index is 5.90. The second-order valence-electron chi connectivity index (χ2n) is 6.47. The zero-order valence-corrected chi connectivity index (χ0v) is 13.3. The summed E-state index contributed by atoms with van der Waals surface area (Å²) in [6.45, 7) is 6.92. The van der Waals surface area contributed by atoms with E-state index in [2.05, 4.69) is 25.2 Å². The summed E-state index contributed by atoms with van der Waals surface area (Å²) in [5.74, 6) is 0.567. The van der Waals surface area contributed by atoms with E-state index in [1.165, 1.54) is 24.0 Å². The van der Waals surface area contributed by atoms with E-state index in [1.54, 1.807) is 7.11 Å². The monoisotopic (exact) mass is 290 g/mol. The lowest BCUT2D eigenvalue weighted by molar-refractivity contribution is -0.0257. The summed E-state index contributed by atoms with van der Waals surface area (Å²) >= 11 is 0. The number of aromatic nitrogens is 1. The normalized spacial score (nSPS) is 33.3. The first-order valence-electron chi connectivity index (χ1n) is 7.98. The van der Waals surface area contributed by atoms with E-state index in [1.807, 2.05) is 6.20 Å². The molecule has 1 aromatic rings. The average Bonchev–Trinajstić information content (AvgIpc) is 2.97. The number of hydrogen-bond donors (Lipinski definition) is 1. The third-order valence-electron chi connectivity index (χ3n) is 5.05. The fraction of sp³-hybridized carbons (Fsp3) is 0.706. The first kappa shape index (κ1) is 14.9. The van der Waals surface area contributed by atoms with Gasteiger partial charge in [-0.3, -0.25) is 4.98 Å². The molecule has 4 heteroatoms. The highest BCUT2D eigenvalue weighted by atomic mass is 16.5. The van der Waals surface area contributed by atoms with E-state index in [4.69, 9.17) is 14.5 Å². The molecule has 2 aliphatic rings. The molecule has 0 bridgehead atoms. The number of piperidine rings is 1. The molecular weight excluding hydrogens is 264 g/mol. The van der Waals surface area contributed by atoms with Gasteiger partial charge in [0, 0.05) is 32.4 Å². The topological polar surface area (TPSA) is 43.4 Å². The van der Waals surface area contributed by atoms with Gasteiger partial charge in [0.2, 0.25) is 0 Å². The second kappa shape index (κ2) is 6.03. The molecule has 0 spiro atoms. The fourth-order valence-corrected chi connectivity index (χ4v) is 3.83. The number of ether oxygens (including phenoxy) is 2. The molecule has 1 unspecified atom stereocenters. The van der Waals surface area contributed by atoms with Gasteiger partial charge in [-0.05, 0) is 56.3 Å². The van der Waals surface area contributed by atoms with Crippen molar-refractivity contribution in [3.05, 3.63) is 29.1 Å². The Kier molecular flexibility index (Phi) is 4.29. The minimum Gasteiger partial charge on any atom is -0.378 e. The summed E-state index contributed by atoms with van der Waals surface area (Å²) in [6.07, 6.45) is 5.15. The first-order valence-corrected chi connectivity index (χ1v) is 7.98. The molecule has 0 saturated carbocycles. The van der Waals surface area contributed by atoms with E-state index in [9.17, 15) is 0 Å². The van der Waals surface area contributed by atoms with Gasteiger partial charge in [0.25, 0.3) is 0 Å². The molecule has 0 amide bonds. The van der Waals surface area contributed by atoms with Gasteiger partial charge in [-0.25, -0.2) is 0 Å². The van der Waals surface area contributed by atoms with Crippen LogP contribution in [0.3, 0.4) is 0 Å². The summed E-state index contributed by atoms with van der Waals surface area (Å²) in [6, 6.07) is 2.69. The number of nitrogens with zero attached hydrogens (tertiary/aromatic N) is 1. The quantitative estimate of drug-likeness (QED) is 0.929. The van der Waals surface area contributed by atoms with Gasteiger partial charge >= 0.3 is 0 Å². The predicted molar refractivity (Wildman–Crippen MR) is 82.5 cm³/mol. The Morgan fingerprint density at radius 2 is 2.33 bits per heavy atom. The van der Waals surface area contributed by atoms with Crippen molar-refractivity contribution in [2.45, 2.75) is 50.7 Å². The third kappa shape index (κ3) is 2.72. The number of rotatable bonds is 3. The van der Waals surface area contributed by atoms with Crippen LogP contribution in [0.25, 0.3) is 0 Å². The zero-order valence-electron chi connectivity index (χ0n) is 13.3. The van der Waals surface area contributed by atoms with Gasteiger partial charge in [-0.15, -0.1) is 0 Å². The lowest BCUT2D eigenvalue weighted by Crippen LogP contribution is -2.37. The molecule has 3 rings (SSSR count). The molecule has 0 aliphatic carbocycles. The van der Waals surface area contributed by atoms with E-state index >= 15 is 0 Å². The van der Waals surface area contributed by atoms with Crippen molar-refractivity contribution in [2.75, 3.05) is 26.9 Å². The average molecular weight is 290 g/mol. The summed E-state index contributed by atoms with van der Waals surface area (Å²) in [5.41, 5.74) is 3.50. The van der Waals surface area contributed by atoms with E-state index in [0.29, 0.717) is 18.6 Å². The minimum absolute atomic E-state index is 0.352. The van der Waals surface area contributed by atoms with Gasteiger partial charge in [0.15, 0.2) is 0 Å². The Morgan fingerprint density at radius 3 is 3.00 bits per heavy atom. The van der Waals surface area contributed by atoms with Crippen LogP contribution in [0.2, 0.25) is 0 Å². The molecule has 0 aromatic carbocycles. The molecule has 116 valence electrons. The van der Waals surface area contributed by atoms with Crippen molar-refractivity contribution in [2.24, 2.45) is 0 Å². The van der Waals surface area contributed by atoms with Gasteiger partial charge < -0.3 is 14.8 Å². The van der Waals surface area contributed by atoms with Crippen LogP contribution < -0.4 is 5.32 Å². The van der Waals surface area contributed by atoms with Gasteiger partial charge in [-0.2, -0.15) is 0 Å². The van der Waals surface area contributed by atoms with Crippen molar-refractivity contribution in [3.63, 3.8) is 0 Å². The van der Waals surface area contributed by atoms with Crippen LogP contribution in [0.15, 0.2) is 12.3 Å². The molecule has 2 fully saturated rings. The Hall–Kier alpha value is -0.970. The van der Waals surface area contributed by atoms with Crippen LogP contribution in [0.1, 0.15) is 48.9 Å². The Morgan fingerprint density at radius 1 is 1.48 bits per heavy atom. The lowest BCUT2D eigenvalue weighted by Gasteiger charge is -2.34. The summed E-state index contributed by atoms with van der Waals surface area (Å²) in [5, 5.41) is 3.54. The van der Waals surface area contributed by atoms with E-state index < -0.39 is 0 Å². The summed E-state index contributed by atoms with van der Waals surface area (Å²) < 4.78 is 11.5. The maximum absolute atomic E-state index is 5.90. The van der Waals surface area contributed by atoms with Crippen molar-refractivity contribution >= 4 is 0 Å². The molecule has 2 aliphatic heterocycles. The molecule has 0 radical (unpaired) electrons. The van der Waals surface area contributed by atoms with Crippen LogP contribution in [0.5, 0.6) is 0 Å². The van der Waals surface area contributed by atoms with Crippen LogP contribution in [0, 0.1) is 6.92 Å². The van der Waals surface area contributed by atoms with Gasteiger partial charge in [-0.1, -0.05) is 0 Å². The highest BCUT2D eigenvalue weighted by molar-refractivity contribution is 5.37. The molecule has 1 aromatic heterocycles. The number of nitrogens with one attached hydrogen (secondary N) is 1. The van der Waals surface area contributed by atoms with Crippen molar-refractivity contribution < 1.29 is 9.47 Å². The SMILES string of the molecule is COC1(c2nccc(C)c2[C@H]2CCN[C@H](C)C2)CCOC1. The highest BCUT2D eigenvalue weighted by Gasteiger charge is 2.41. The fourth-order valence-electron chi connectivity index (χ4n) is 3.83. The Labute approximate surface area is 127 Å². The zero-order chi connectivity index (χ0) is 14.9. The van der Waals surface area contributed by atoms with Crippen molar-refractivity contribution in [1.29, 1.82) is 0 Å². The maximum Gasteiger partial charge on any atom is 0.135 e. The number of hydrogen-bond acceptors (Lipinski definition) is 4. The number of pyridine rings is 1. The molecule has 21 heavy (non-hydrogen) atoms. The van der Waals surface area contributed by atoms with E-state index in [-0.39, 0.29) is 5.60 Å². The third-order valence-corrected chi connectivity index (χ3v) is 5.05. The molecule has 3 atom stereocenters. The lowest BCUT2D eigenvalue weighted by atomic mass is 9.80. The summed E-state index contributed by atoms with van der Waals surface area (Å²) in [4.78, 5) is 4.74. The number of methoxy groups -OCH3 is 1. The van der Waals surface area contributed by atoms with Gasteiger partial charge in [0.05, 0.1) is 12.3 Å².